The van der Waals surface area contributed by atoms with Crippen LogP contribution in [0, 0.1) is 17.3 Å². The van der Waals surface area contributed by atoms with Crippen LogP contribution in [0.25, 0.3) is 0 Å². The number of nitrogens with one attached hydrogen (secondary N) is 1. The molecule has 4 heteroatoms. The first-order valence-corrected chi connectivity index (χ1v) is 6.77. The molecule has 0 saturated heterocycles. The van der Waals surface area contributed by atoms with Crippen LogP contribution in [0.1, 0.15) is 42.4 Å². The van der Waals surface area contributed by atoms with Gasteiger partial charge in [-0.15, -0.1) is 11.3 Å². The van der Waals surface area contributed by atoms with E-state index in [0.717, 1.165) is 11.3 Å². The van der Waals surface area contributed by atoms with Crippen LogP contribution in [0.2, 0.25) is 0 Å². The van der Waals surface area contributed by atoms with Gasteiger partial charge in [-0.3, -0.25) is 4.79 Å². The highest BCUT2D eigenvalue weighted by Gasteiger charge is 2.12. The van der Waals surface area contributed by atoms with Crippen LogP contribution < -0.4 is 5.32 Å². The van der Waals surface area contributed by atoms with Gasteiger partial charge in [0.15, 0.2) is 0 Å². The molecule has 98 valence electrons. The number of hydrogen-bond acceptors (Lipinski definition) is 3. The topological polar surface area (TPSA) is 49.3 Å². The molecular formula is C14H19NO2S. The van der Waals surface area contributed by atoms with E-state index in [1.165, 1.54) is 11.3 Å². The highest BCUT2D eigenvalue weighted by Crippen LogP contribution is 2.17. The quantitative estimate of drug-likeness (QED) is 0.824. The van der Waals surface area contributed by atoms with Gasteiger partial charge in [-0.2, -0.15) is 0 Å². The molecule has 0 bridgehead atoms. The summed E-state index contributed by atoms with van der Waals surface area (Å²) in [6.07, 6.45) is 0.944. The van der Waals surface area contributed by atoms with Crippen molar-refractivity contribution in [1.29, 1.82) is 0 Å². The van der Waals surface area contributed by atoms with Gasteiger partial charge in [0.1, 0.15) is 6.61 Å². The third-order valence-electron chi connectivity index (χ3n) is 2.31. The van der Waals surface area contributed by atoms with Crippen molar-refractivity contribution in [1.82, 2.24) is 5.32 Å². The average Bonchev–Trinajstić information content (AvgIpc) is 2.73. The van der Waals surface area contributed by atoms with E-state index in [4.69, 9.17) is 5.11 Å². The van der Waals surface area contributed by atoms with Crippen LogP contribution in [0.3, 0.4) is 0 Å². The number of carbonyl (C=O) groups excluding carboxylic acids is 1. The van der Waals surface area contributed by atoms with Crippen molar-refractivity contribution in [2.75, 3.05) is 13.2 Å². The lowest BCUT2D eigenvalue weighted by molar-refractivity contribution is 0.0950. The summed E-state index contributed by atoms with van der Waals surface area (Å²) in [4.78, 5) is 12.6. The van der Waals surface area contributed by atoms with Gasteiger partial charge in [-0.1, -0.05) is 32.6 Å². The van der Waals surface area contributed by atoms with E-state index in [9.17, 15) is 4.79 Å². The van der Waals surface area contributed by atoms with Gasteiger partial charge in [0, 0.05) is 11.9 Å². The second-order valence-electron chi connectivity index (χ2n) is 5.23. The Morgan fingerprint density at radius 3 is 2.83 bits per heavy atom. The third kappa shape index (κ3) is 5.35. The lowest BCUT2D eigenvalue weighted by Crippen LogP contribution is -2.26. The SMILES string of the molecule is CC(C)(C)CCNC(=O)c1csc(C#CCO)c1. The van der Waals surface area contributed by atoms with E-state index in [0.29, 0.717) is 12.1 Å². The van der Waals surface area contributed by atoms with Gasteiger partial charge in [-0.05, 0) is 17.9 Å². The van der Waals surface area contributed by atoms with Crippen molar-refractivity contribution in [3.05, 3.63) is 21.9 Å². The number of carbonyl (C=O) groups is 1. The molecule has 0 aliphatic rings. The summed E-state index contributed by atoms with van der Waals surface area (Å²) in [5, 5.41) is 13.3. The fraction of sp³-hybridized carbons (Fsp3) is 0.500. The second kappa shape index (κ2) is 6.58. The van der Waals surface area contributed by atoms with Gasteiger partial charge in [-0.25, -0.2) is 0 Å². The zero-order chi connectivity index (χ0) is 13.6. The Bertz CT molecular complexity index is 460. The number of thiophene rings is 1. The molecule has 1 rings (SSSR count). The van der Waals surface area contributed by atoms with Gasteiger partial charge < -0.3 is 10.4 Å². The Morgan fingerprint density at radius 1 is 1.50 bits per heavy atom. The maximum absolute atomic E-state index is 11.8. The highest BCUT2D eigenvalue weighted by molar-refractivity contribution is 7.10. The van der Waals surface area contributed by atoms with Crippen molar-refractivity contribution in [2.24, 2.45) is 5.41 Å². The molecule has 0 radical (unpaired) electrons. The van der Waals surface area contributed by atoms with Crippen molar-refractivity contribution in [3.8, 4) is 11.8 Å². The van der Waals surface area contributed by atoms with Gasteiger partial charge in [0.25, 0.3) is 5.91 Å². The monoisotopic (exact) mass is 265 g/mol. The fourth-order valence-electron chi connectivity index (χ4n) is 1.30. The summed E-state index contributed by atoms with van der Waals surface area (Å²) in [7, 11) is 0. The first kappa shape index (κ1) is 14.7. The van der Waals surface area contributed by atoms with E-state index < -0.39 is 0 Å². The van der Waals surface area contributed by atoms with Crippen LogP contribution >= 0.6 is 11.3 Å². The van der Waals surface area contributed by atoms with E-state index in [2.05, 4.69) is 37.9 Å². The van der Waals surface area contributed by atoms with Crippen LogP contribution in [0.4, 0.5) is 0 Å². The Hall–Kier alpha value is -1.31. The maximum Gasteiger partial charge on any atom is 0.252 e. The minimum absolute atomic E-state index is 0.0625. The van der Waals surface area contributed by atoms with Crippen LogP contribution in [0.5, 0.6) is 0 Å². The van der Waals surface area contributed by atoms with Crippen molar-refractivity contribution >= 4 is 17.2 Å². The van der Waals surface area contributed by atoms with Crippen LogP contribution in [-0.4, -0.2) is 24.2 Å². The molecule has 1 aromatic rings. The Morgan fingerprint density at radius 2 is 2.22 bits per heavy atom. The Balaban J connectivity index is 2.49. The predicted molar refractivity (Wildman–Crippen MR) is 74.7 cm³/mol. The van der Waals surface area contributed by atoms with E-state index >= 15 is 0 Å². The Labute approximate surface area is 112 Å². The molecule has 0 fully saturated rings. The number of amides is 1. The molecule has 0 saturated carbocycles. The predicted octanol–water partition coefficient (Wildman–Crippen LogP) is 2.26. The molecule has 1 amide bonds. The van der Waals surface area contributed by atoms with Gasteiger partial charge in [0.2, 0.25) is 0 Å². The first-order chi connectivity index (χ1) is 8.42. The fourth-order valence-corrected chi connectivity index (χ4v) is 2.06. The number of hydrogen-bond donors (Lipinski definition) is 2. The maximum atomic E-state index is 11.8. The normalized spacial score (nSPS) is 10.7. The first-order valence-electron chi connectivity index (χ1n) is 5.89. The molecule has 0 aliphatic carbocycles. The van der Waals surface area contributed by atoms with Crippen LogP contribution in [-0.2, 0) is 0 Å². The molecule has 1 heterocycles. The molecular weight excluding hydrogens is 246 g/mol. The van der Waals surface area contributed by atoms with Gasteiger partial charge >= 0.3 is 0 Å². The van der Waals surface area contributed by atoms with Crippen molar-refractivity contribution in [3.63, 3.8) is 0 Å². The number of aliphatic hydroxyl groups is 1. The molecule has 0 atom stereocenters. The lowest BCUT2D eigenvalue weighted by atomic mass is 9.92. The summed E-state index contributed by atoms with van der Waals surface area (Å²) in [5.41, 5.74) is 0.857. The zero-order valence-electron chi connectivity index (χ0n) is 11.0. The Kier molecular flexibility index (Phi) is 5.39. The third-order valence-corrected chi connectivity index (χ3v) is 3.16. The second-order valence-corrected chi connectivity index (χ2v) is 6.14. The molecule has 1 aromatic heterocycles. The van der Waals surface area contributed by atoms with E-state index in [-0.39, 0.29) is 17.9 Å². The lowest BCUT2D eigenvalue weighted by Gasteiger charge is -2.17. The number of rotatable bonds is 3. The molecule has 0 spiro atoms. The highest BCUT2D eigenvalue weighted by atomic mass is 32.1. The summed E-state index contributed by atoms with van der Waals surface area (Å²) >= 11 is 1.41. The summed E-state index contributed by atoms with van der Waals surface area (Å²) in [6.45, 7) is 6.95. The molecule has 0 aliphatic heterocycles. The summed E-state index contributed by atoms with van der Waals surface area (Å²) in [6, 6.07) is 1.75. The zero-order valence-corrected chi connectivity index (χ0v) is 11.9. The molecule has 0 unspecified atom stereocenters. The van der Waals surface area contributed by atoms with Crippen LogP contribution in [0.15, 0.2) is 11.4 Å². The average molecular weight is 265 g/mol. The van der Waals surface area contributed by atoms with Crippen molar-refractivity contribution < 1.29 is 9.90 Å². The van der Waals surface area contributed by atoms with Crippen molar-refractivity contribution in [2.45, 2.75) is 27.2 Å². The summed E-state index contributed by atoms with van der Waals surface area (Å²) < 4.78 is 0. The molecule has 0 aromatic carbocycles. The summed E-state index contributed by atoms with van der Waals surface area (Å²) in [5.74, 6) is 5.29. The number of aliphatic hydroxyl groups excluding tert-OH is 1. The largest absolute Gasteiger partial charge is 0.384 e. The van der Waals surface area contributed by atoms with E-state index in [1.54, 1.807) is 11.4 Å². The minimum Gasteiger partial charge on any atom is -0.384 e. The molecule has 3 nitrogen and oxygen atoms in total. The molecule has 18 heavy (non-hydrogen) atoms. The molecule has 2 N–H and O–H groups in total. The standard InChI is InChI=1S/C14H19NO2S/c1-14(2,3)6-7-15-13(17)11-9-12(18-10-11)5-4-8-16/h9-10,16H,6-8H2,1-3H3,(H,15,17). The van der Waals surface area contributed by atoms with E-state index in [1.807, 2.05) is 0 Å². The van der Waals surface area contributed by atoms with Gasteiger partial charge in [0.05, 0.1) is 10.4 Å². The minimum atomic E-state index is -0.162. The smallest absolute Gasteiger partial charge is 0.252 e.